The molecule has 3 rings (SSSR count). The summed E-state index contributed by atoms with van der Waals surface area (Å²) in [6.07, 6.45) is 0. The molecular formula is C19H19N3O2S. The highest BCUT2D eigenvalue weighted by atomic mass is 32.1. The van der Waals surface area contributed by atoms with Crippen LogP contribution in [0.25, 0.3) is 10.6 Å². The number of benzene rings is 2. The van der Waals surface area contributed by atoms with Gasteiger partial charge in [-0.2, -0.15) is 0 Å². The molecule has 0 bridgehead atoms. The number of ether oxygens (including phenoxy) is 1. The second kappa shape index (κ2) is 7.44. The van der Waals surface area contributed by atoms with Crippen LogP contribution in [0.2, 0.25) is 0 Å². The summed E-state index contributed by atoms with van der Waals surface area (Å²) in [6, 6.07) is 15.2. The molecule has 0 fully saturated rings. The molecule has 0 saturated carbocycles. The number of amides is 1. The van der Waals surface area contributed by atoms with Crippen LogP contribution in [-0.4, -0.2) is 23.2 Å². The largest absolute Gasteiger partial charge is 0.497 e. The Kier molecular flexibility index (Phi) is 5.09. The molecule has 0 radical (unpaired) electrons. The quantitative estimate of drug-likeness (QED) is 0.729. The molecule has 0 aliphatic carbocycles. The first-order valence-corrected chi connectivity index (χ1v) is 8.77. The highest BCUT2D eigenvalue weighted by Crippen LogP contribution is 2.28. The van der Waals surface area contributed by atoms with Gasteiger partial charge in [0.1, 0.15) is 10.8 Å². The van der Waals surface area contributed by atoms with Crippen molar-refractivity contribution in [1.82, 2.24) is 10.2 Å². The van der Waals surface area contributed by atoms with Gasteiger partial charge in [0.2, 0.25) is 5.13 Å². The first-order valence-electron chi connectivity index (χ1n) is 7.96. The molecule has 2 aromatic carbocycles. The Hall–Kier alpha value is -2.73. The normalized spacial score (nSPS) is 10.7. The maximum Gasteiger partial charge on any atom is 0.257 e. The summed E-state index contributed by atoms with van der Waals surface area (Å²) >= 11 is 1.35. The number of nitrogens with zero attached hydrogens (tertiary/aromatic N) is 2. The van der Waals surface area contributed by atoms with E-state index >= 15 is 0 Å². The van der Waals surface area contributed by atoms with Crippen LogP contribution in [0.3, 0.4) is 0 Å². The summed E-state index contributed by atoms with van der Waals surface area (Å²) in [6.45, 7) is 4.32. The number of hydrogen-bond acceptors (Lipinski definition) is 5. The average Bonchev–Trinajstić information content (AvgIpc) is 3.10. The van der Waals surface area contributed by atoms with Crippen molar-refractivity contribution in [3.63, 3.8) is 0 Å². The number of aromatic nitrogens is 2. The first-order chi connectivity index (χ1) is 12.1. The molecule has 6 heteroatoms. The Labute approximate surface area is 150 Å². The summed E-state index contributed by atoms with van der Waals surface area (Å²) in [5, 5.41) is 12.3. The lowest BCUT2D eigenvalue weighted by Crippen LogP contribution is -2.11. The summed E-state index contributed by atoms with van der Waals surface area (Å²) in [5.74, 6) is 0.883. The maximum atomic E-state index is 12.3. The molecule has 0 aliphatic heterocycles. The van der Waals surface area contributed by atoms with E-state index in [1.165, 1.54) is 16.9 Å². The van der Waals surface area contributed by atoms with Crippen molar-refractivity contribution in [2.45, 2.75) is 19.8 Å². The molecule has 1 aromatic heterocycles. The fourth-order valence-electron chi connectivity index (χ4n) is 2.33. The number of rotatable bonds is 5. The first kappa shape index (κ1) is 17.1. The Morgan fingerprint density at radius 2 is 1.88 bits per heavy atom. The second-order valence-corrected chi connectivity index (χ2v) is 6.85. The van der Waals surface area contributed by atoms with E-state index in [1.807, 2.05) is 12.1 Å². The fourth-order valence-corrected chi connectivity index (χ4v) is 3.08. The van der Waals surface area contributed by atoms with E-state index in [-0.39, 0.29) is 5.91 Å². The van der Waals surface area contributed by atoms with Crippen molar-refractivity contribution in [2.75, 3.05) is 12.4 Å². The SMILES string of the molecule is COc1cccc(C(=O)Nc2nnc(-c3ccc(C(C)C)cc3)s2)c1. The maximum absolute atomic E-state index is 12.3. The van der Waals surface area contributed by atoms with Crippen molar-refractivity contribution >= 4 is 22.4 Å². The van der Waals surface area contributed by atoms with Gasteiger partial charge in [-0.15, -0.1) is 10.2 Å². The minimum atomic E-state index is -0.239. The molecular weight excluding hydrogens is 334 g/mol. The van der Waals surface area contributed by atoms with Crippen molar-refractivity contribution in [1.29, 1.82) is 0 Å². The van der Waals surface area contributed by atoms with Crippen LogP contribution >= 0.6 is 11.3 Å². The minimum absolute atomic E-state index is 0.239. The van der Waals surface area contributed by atoms with E-state index in [0.29, 0.717) is 22.4 Å². The zero-order valence-electron chi connectivity index (χ0n) is 14.3. The van der Waals surface area contributed by atoms with Crippen LogP contribution in [-0.2, 0) is 0 Å². The van der Waals surface area contributed by atoms with E-state index in [1.54, 1.807) is 31.4 Å². The van der Waals surface area contributed by atoms with Crippen LogP contribution < -0.4 is 10.1 Å². The summed E-state index contributed by atoms with van der Waals surface area (Å²) < 4.78 is 5.14. The molecule has 1 N–H and O–H groups in total. The Morgan fingerprint density at radius 3 is 2.56 bits per heavy atom. The van der Waals surface area contributed by atoms with Gasteiger partial charge in [0.15, 0.2) is 0 Å². The minimum Gasteiger partial charge on any atom is -0.497 e. The molecule has 0 unspecified atom stereocenters. The third-order valence-electron chi connectivity index (χ3n) is 3.80. The van der Waals surface area contributed by atoms with E-state index in [4.69, 9.17) is 4.74 Å². The Morgan fingerprint density at radius 1 is 1.12 bits per heavy atom. The standard InChI is InChI=1S/C19H19N3O2S/c1-12(2)13-7-9-14(10-8-13)18-21-22-19(25-18)20-17(23)15-5-4-6-16(11-15)24-3/h4-12H,1-3H3,(H,20,22,23). The number of carbonyl (C=O) groups excluding carboxylic acids is 1. The highest BCUT2D eigenvalue weighted by Gasteiger charge is 2.12. The van der Waals surface area contributed by atoms with Crippen molar-refractivity contribution in [3.8, 4) is 16.3 Å². The Bertz CT molecular complexity index is 872. The Balaban J connectivity index is 1.73. The second-order valence-electron chi connectivity index (χ2n) is 5.88. The van der Waals surface area contributed by atoms with Crippen LogP contribution in [0.4, 0.5) is 5.13 Å². The van der Waals surface area contributed by atoms with E-state index in [0.717, 1.165) is 10.6 Å². The van der Waals surface area contributed by atoms with Crippen LogP contribution in [0.1, 0.15) is 35.7 Å². The van der Waals surface area contributed by atoms with Crippen molar-refractivity contribution in [2.24, 2.45) is 0 Å². The van der Waals surface area contributed by atoms with Gasteiger partial charge in [-0.25, -0.2) is 0 Å². The van der Waals surface area contributed by atoms with E-state index in [9.17, 15) is 4.79 Å². The molecule has 0 saturated heterocycles. The topological polar surface area (TPSA) is 64.1 Å². The lowest BCUT2D eigenvalue weighted by Gasteiger charge is -2.05. The predicted octanol–water partition coefficient (Wildman–Crippen LogP) is 4.59. The van der Waals surface area contributed by atoms with E-state index in [2.05, 4.69) is 41.5 Å². The monoisotopic (exact) mass is 353 g/mol. The van der Waals surface area contributed by atoms with Gasteiger partial charge in [-0.05, 0) is 29.7 Å². The lowest BCUT2D eigenvalue weighted by atomic mass is 10.0. The fraction of sp³-hybridized carbons (Fsp3) is 0.211. The van der Waals surface area contributed by atoms with Crippen LogP contribution in [0.5, 0.6) is 5.75 Å². The van der Waals surface area contributed by atoms with Crippen LogP contribution in [0, 0.1) is 0 Å². The number of anilines is 1. The zero-order valence-corrected chi connectivity index (χ0v) is 15.1. The summed E-state index contributed by atoms with van der Waals surface area (Å²) in [7, 11) is 1.57. The number of nitrogens with one attached hydrogen (secondary N) is 1. The highest BCUT2D eigenvalue weighted by molar-refractivity contribution is 7.18. The van der Waals surface area contributed by atoms with Crippen molar-refractivity contribution in [3.05, 3.63) is 59.7 Å². The van der Waals surface area contributed by atoms with Gasteiger partial charge in [0, 0.05) is 11.1 Å². The molecule has 0 aliphatic rings. The van der Waals surface area contributed by atoms with Gasteiger partial charge in [0.25, 0.3) is 5.91 Å². The molecule has 1 heterocycles. The van der Waals surface area contributed by atoms with Gasteiger partial charge >= 0.3 is 0 Å². The van der Waals surface area contributed by atoms with Gasteiger partial charge in [0.05, 0.1) is 7.11 Å². The molecule has 128 valence electrons. The average molecular weight is 353 g/mol. The molecule has 0 atom stereocenters. The lowest BCUT2D eigenvalue weighted by molar-refractivity contribution is 0.102. The van der Waals surface area contributed by atoms with Gasteiger partial charge in [-0.1, -0.05) is 55.5 Å². The molecule has 5 nitrogen and oxygen atoms in total. The predicted molar refractivity (Wildman–Crippen MR) is 100 cm³/mol. The van der Waals surface area contributed by atoms with Gasteiger partial charge in [-0.3, -0.25) is 10.1 Å². The molecule has 0 spiro atoms. The number of methoxy groups -OCH3 is 1. The van der Waals surface area contributed by atoms with E-state index < -0.39 is 0 Å². The third kappa shape index (κ3) is 4.03. The van der Waals surface area contributed by atoms with Crippen LogP contribution in [0.15, 0.2) is 48.5 Å². The number of hydrogen-bond donors (Lipinski definition) is 1. The number of carbonyl (C=O) groups is 1. The van der Waals surface area contributed by atoms with Gasteiger partial charge < -0.3 is 4.74 Å². The molecule has 25 heavy (non-hydrogen) atoms. The van der Waals surface area contributed by atoms with Crippen molar-refractivity contribution < 1.29 is 9.53 Å². The smallest absolute Gasteiger partial charge is 0.257 e. The molecule has 3 aromatic rings. The summed E-state index contributed by atoms with van der Waals surface area (Å²) in [5.41, 5.74) is 2.78. The summed E-state index contributed by atoms with van der Waals surface area (Å²) in [4.78, 5) is 12.3. The zero-order chi connectivity index (χ0) is 17.8. The molecule has 1 amide bonds. The third-order valence-corrected chi connectivity index (χ3v) is 4.69.